The number of nitrogens with one attached hydrogen (secondary N) is 1. The maximum absolute atomic E-state index is 4.58. The highest BCUT2D eigenvalue weighted by atomic mass is 32.1. The van der Waals surface area contributed by atoms with E-state index in [2.05, 4.69) is 47.5 Å². The van der Waals surface area contributed by atoms with E-state index in [1.54, 1.807) is 11.3 Å². The molecule has 0 saturated heterocycles. The quantitative estimate of drug-likeness (QED) is 0.902. The molecule has 0 aliphatic carbocycles. The van der Waals surface area contributed by atoms with Gasteiger partial charge in [-0.25, -0.2) is 9.97 Å². The van der Waals surface area contributed by atoms with E-state index < -0.39 is 0 Å². The van der Waals surface area contributed by atoms with Crippen molar-refractivity contribution < 1.29 is 0 Å². The van der Waals surface area contributed by atoms with Gasteiger partial charge in [-0.15, -0.1) is 11.3 Å². The van der Waals surface area contributed by atoms with E-state index in [1.165, 1.54) is 10.4 Å². The van der Waals surface area contributed by atoms with Crippen LogP contribution in [0.5, 0.6) is 0 Å². The van der Waals surface area contributed by atoms with Crippen molar-refractivity contribution in [3.8, 4) is 10.6 Å². The molecule has 2 heterocycles. The van der Waals surface area contributed by atoms with Gasteiger partial charge in [0.05, 0.1) is 17.1 Å². The fourth-order valence-corrected chi connectivity index (χ4v) is 2.44. The number of thiophene rings is 1. The first-order valence-electron chi connectivity index (χ1n) is 5.76. The molecular weight excluding hydrogens is 230 g/mol. The normalized spacial score (nSPS) is 11.1. The van der Waals surface area contributed by atoms with Crippen LogP contribution in [0.1, 0.15) is 25.2 Å². The molecule has 0 saturated carbocycles. The summed E-state index contributed by atoms with van der Waals surface area (Å²) < 4.78 is 0. The standard InChI is InChI=1S/C13H17N3S/c1-9(2)15-8-12-14-6-4-11(16-12)13-10(3)5-7-17-13/h4-7,9,15H,8H2,1-3H3. The Hall–Kier alpha value is -1.26. The van der Waals surface area contributed by atoms with Gasteiger partial charge in [-0.05, 0) is 30.0 Å². The van der Waals surface area contributed by atoms with E-state index in [-0.39, 0.29) is 0 Å². The molecule has 0 aromatic carbocycles. The molecule has 0 aliphatic rings. The first kappa shape index (κ1) is 12.2. The van der Waals surface area contributed by atoms with E-state index in [0.29, 0.717) is 6.04 Å². The summed E-state index contributed by atoms with van der Waals surface area (Å²) in [5.41, 5.74) is 2.30. The smallest absolute Gasteiger partial charge is 0.142 e. The van der Waals surface area contributed by atoms with Crippen LogP contribution in [0.25, 0.3) is 10.6 Å². The summed E-state index contributed by atoms with van der Waals surface area (Å²) in [7, 11) is 0. The summed E-state index contributed by atoms with van der Waals surface area (Å²) in [6, 6.07) is 4.54. The molecule has 0 fully saturated rings. The average molecular weight is 247 g/mol. The van der Waals surface area contributed by atoms with Crippen LogP contribution in [-0.2, 0) is 6.54 Å². The summed E-state index contributed by atoms with van der Waals surface area (Å²) in [6.07, 6.45) is 1.83. The third kappa shape index (κ3) is 3.11. The summed E-state index contributed by atoms with van der Waals surface area (Å²) >= 11 is 1.73. The minimum absolute atomic E-state index is 0.450. The van der Waals surface area contributed by atoms with E-state index in [0.717, 1.165) is 18.1 Å². The van der Waals surface area contributed by atoms with Gasteiger partial charge in [0.15, 0.2) is 0 Å². The van der Waals surface area contributed by atoms with Gasteiger partial charge in [0.25, 0.3) is 0 Å². The predicted molar refractivity (Wildman–Crippen MR) is 72.1 cm³/mol. The lowest BCUT2D eigenvalue weighted by atomic mass is 10.2. The zero-order valence-electron chi connectivity index (χ0n) is 10.4. The van der Waals surface area contributed by atoms with Gasteiger partial charge >= 0.3 is 0 Å². The van der Waals surface area contributed by atoms with Crippen molar-refractivity contribution in [2.24, 2.45) is 0 Å². The van der Waals surface area contributed by atoms with Crippen molar-refractivity contribution in [3.63, 3.8) is 0 Å². The lowest BCUT2D eigenvalue weighted by Crippen LogP contribution is -2.23. The molecule has 1 N–H and O–H groups in total. The van der Waals surface area contributed by atoms with Gasteiger partial charge in [-0.3, -0.25) is 0 Å². The second-order valence-electron chi connectivity index (χ2n) is 4.33. The first-order chi connectivity index (χ1) is 8.16. The molecule has 4 heteroatoms. The van der Waals surface area contributed by atoms with Gasteiger partial charge in [-0.1, -0.05) is 13.8 Å². The highest BCUT2D eigenvalue weighted by Gasteiger charge is 2.06. The van der Waals surface area contributed by atoms with Gasteiger partial charge < -0.3 is 5.32 Å². The molecule has 2 rings (SSSR count). The summed E-state index contributed by atoms with van der Waals surface area (Å²) in [4.78, 5) is 10.1. The van der Waals surface area contributed by atoms with Crippen molar-refractivity contribution in [2.75, 3.05) is 0 Å². The molecule has 3 nitrogen and oxygen atoms in total. The molecule has 0 radical (unpaired) electrons. The Morgan fingerprint density at radius 3 is 2.82 bits per heavy atom. The number of rotatable bonds is 4. The zero-order chi connectivity index (χ0) is 12.3. The fourth-order valence-electron chi connectivity index (χ4n) is 1.54. The van der Waals surface area contributed by atoms with E-state index in [9.17, 15) is 0 Å². The van der Waals surface area contributed by atoms with Crippen LogP contribution in [0.4, 0.5) is 0 Å². The van der Waals surface area contributed by atoms with E-state index in [4.69, 9.17) is 0 Å². The zero-order valence-corrected chi connectivity index (χ0v) is 11.2. The summed E-state index contributed by atoms with van der Waals surface area (Å²) in [6.45, 7) is 7.07. The molecule has 90 valence electrons. The van der Waals surface area contributed by atoms with Gasteiger partial charge in [0.2, 0.25) is 0 Å². The predicted octanol–water partition coefficient (Wildman–Crippen LogP) is 3.01. The fraction of sp³-hybridized carbons (Fsp3) is 0.385. The van der Waals surface area contributed by atoms with Crippen LogP contribution >= 0.6 is 11.3 Å². The van der Waals surface area contributed by atoms with E-state index in [1.807, 2.05) is 12.3 Å². The van der Waals surface area contributed by atoms with Crippen LogP contribution in [0.15, 0.2) is 23.7 Å². The topological polar surface area (TPSA) is 37.8 Å². The minimum atomic E-state index is 0.450. The van der Waals surface area contributed by atoms with Crippen LogP contribution in [0, 0.1) is 6.92 Å². The SMILES string of the molecule is Cc1ccsc1-c1ccnc(CNC(C)C)n1. The Kier molecular flexibility index (Phi) is 3.86. The van der Waals surface area contributed by atoms with Crippen molar-refractivity contribution in [2.45, 2.75) is 33.4 Å². The van der Waals surface area contributed by atoms with E-state index >= 15 is 0 Å². The molecule has 17 heavy (non-hydrogen) atoms. The Morgan fingerprint density at radius 2 is 2.18 bits per heavy atom. The van der Waals surface area contributed by atoms with Crippen molar-refractivity contribution >= 4 is 11.3 Å². The van der Waals surface area contributed by atoms with Gasteiger partial charge in [-0.2, -0.15) is 0 Å². The maximum atomic E-state index is 4.58. The molecule has 0 bridgehead atoms. The highest BCUT2D eigenvalue weighted by molar-refractivity contribution is 7.13. The van der Waals surface area contributed by atoms with Gasteiger partial charge in [0, 0.05) is 12.2 Å². The lowest BCUT2D eigenvalue weighted by Gasteiger charge is -2.07. The summed E-state index contributed by atoms with van der Waals surface area (Å²) in [5, 5.41) is 5.42. The maximum Gasteiger partial charge on any atom is 0.142 e. The Morgan fingerprint density at radius 1 is 1.35 bits per heavy atom. The molecule has 0 aliphatic heterocycles. The largest absolute Gasteiger partial charge is 0.308 e. The Balaban J connectivity index is 2.20. The molecule has 0 amide bonds. The van der Waals surface area contributed by atoms with Crippen molar-refractivity contribution in [1.29, 1.82) is 0 Å². The van der Waals surface area contributed by atoms with Crippen LogP contribution in [0.2, 0.25) is 0 Å². The average Bonchev–Trinajstić information content (AvgIpc) is 2.73. The molecule has 0 unspecified atom stereocenters. The highest BCUT2D eigenvalue weighted by Crippen LogP contribution is 2.26. The minimum Gasteiger partial charge on any atom is -0.308 e. The Labute approximate surface area is 106 Å². The number of hydrogen-bond donors (Lipinski definition) is 1. The van der Waals surface area contributed by atoms with Gasteiger partial charge in [0.1, 0.15) is 5.82 Å². The molecule has 2 aromatic heterocycles. The molecule has 0 atom stereocenters. The summed E-state index contributed by atoms with van der Waals surface area (Å²) in [5.74, 6) is 0.851. The van der Waals surface area contributed by atoms with Crippen LogP contribution in [0.3, 0.4) is 0 Å². The third-order valence-electron chi connectivity index (χ3n) is 2.47. The first-order valence-corrected chi connectivity index (χ1v) is 6.64. The van der Waals surface area contributed by atoms with Crippen LogP contribution < -0.4 is 5.32 Å². The second kappa shape index (κ2) is 5.38. The number of nitrogens with zero attached hydrogens (tertiary/aromatic N) is 2. The Bertz CT molecular complexity index is 491. The van der Waals surface area contributed by atoms with Crippen molar-refractivity contribution in [1.82, 2.24) is 15.3 Å². The number of hydrogen-bond acceptors (Lipinski definition) is 4. The third-order valence-corrected chi connectivity index (χ3v) is 3.51. The van der Waals surface area contributed by atoms with Crippen LogP contribution in [-0.4, -0.2) is 16.0 Å². The lowest BCUT2D eigenvalue weighted by molar-refractivity contribution is 0.572. The molecular formula is C13H17N3S. The number of aryl methyl sites for hydroxylation is 1. The molecule has 2 aromatic rings. The second-order valence-corrected chi connectivity index (χ2v) is 5.24. The monoisotopic (exact) mass is 247 g/mol. The number of aromatic nitrogens is 2. The molecule has 0 spiro atoms. The van der Waals surface area contributed by atoms with Crippen molar-refractivity contribution in [3.05, 3.63) is 35.1 Å².